The molecule has 1 aromatic rings. The summed E-state index contributed by atoms with van der Waals surface area (Å²) in [6, 6.07) is 8.91. The summed E-state index contributed by atoms with van der Waals surface area (Å²) in [7, 11) is 0. The lowest BCUT2D eigenvalue weighted by Gasteiger charge is -2.32. The fourth-order valence-corrected chi connectivity index (χ4v) is 2.89. The van der Waals surface area contributed by atoms with Crippen LogP contribution in [0.25, 0.3) is 0 Å². The van der Waals surface area contributed by atoms with E-state index in [1.54, 1.807) is 0 Å². The van der Waals surface area contributed by atoms with Crippen LogP contribution in [0.15, 0.2) is 24.3 Å². The van der Waals surface area contributed by atoms with Crippen LogP contribution in [0.1, 0.15) is 34.1 Å². The van der Waals surface area contributed by atoms with Crippen molar-refractivity contribution in [1.82, 2.24) is 5.32 Å². The summed E-state index contributed by atoms with van der Waals surface area (Å²) in [6.45, 7) is 11.6. The first-order chi connectivity index (χ1) is 9.02. The van der Waals surface area contributed by atoms with E-state index in [0.717, 1.165) is 25.3 Å². The van der Waals surface area contributed by atoms with Gasteiger partial charge in [-0.1, -0.05) is 12.1 Å². The number of hydrogen-bond donors (Lipinski definition) is 1. The van der Waals surface area contributed by atoms with Crippen molar-refractivity contribution in [1.29, 1.82) is 0 Å². The smallest absolute Gasteiger partial charge is 0.142 e. The van der Waals surface area contributed by atoms with E-state index < -0.39 is 0 Å². The Hall–Kier alpha value is -1.22. The molecule has 0 aromatic heterocycles. The molecule has 1 atom stereocenters. The van der Waals surface area contributed by atoms with Gasteiger partial charge < -0.3 is 15.0 Å². The highest BCUT2D eigenvalue weighted by Gasteiger charge is 2.28. The summed E-state index contributed by atoms with van der Waals surface area (Å²) in [5.41, 5.74) is 1.34. The monoisotopic (exact) mass is 262 g/mol. The second kappa shape index (κ2) is 5.83. The van der Waals surface area contributed by atoms with E-state index in [0.29, 0.717) is 12.6 Å². The molecule has 1 saturated heterocycles. The van der Waals surface area contributed by atoms with E-state index >= 15 is 0 Å². The maximum atomic E-state index is 5.76. The zero-order chi connectivity index (χ0) is 13.9. The van der Waals surface area contributed by atoms with Crippen LogP contribution in [-0.2, 0) is 0 Å². The Bertz CT molecular complexity index is 417. The van der Waals surface area contributed by atoms with Gasteiger partial charge in [0.15, 0.2) is 0 Å². The quantitative estimate of drug-likeness (QED) is 0.906. The molecule has 19 heavy (non-hydrogen) atoms. The molecule has 1 unspecified atom stereocenters. The maximum absolute atomic E-state index is 5.76. The molecule has 0 radical (unpaired) electrons. The average Bonchev–Trinajstić information content (AvgIpc) is 2.48. The van der Waals surface area contributed by atoms with E-state index in [1.807, 2.05) is 13.0 Å². The minimum absolute atomic E-state index is 0.120. The Morgan fingerprint density at radius 1 is 1.37 bits per heavy atom. The Morgan fingerprint density at radius 3 is 2.84 bits per heavy atom. The summed E-state index contributed by atoms with van der Waals surface area (Å²) < 4.78 is 5.76. The number of anilines is 1. The number of hydrogen-bond acceptors (Lipinski definition) is 3. The number of ether oxygens (including phenoxy) is 1. The number of nitrogens with one attached hydrogen (secondary N) is 1. The van der Waals surface area contributed by atoms with Crippen molar-refractivity contribution in [2.24, 2.45) is 0 Å². The zero-order valence-corrected chi connectivity index (χ0v) is 12.6. The Balaban J connectivity index is 2.25. The SMILES string of the molecule is CCOc1ccccc1N1CCC(C)NC(C)(C)C1. The molecular formula is C16H26N2O. The third-order valence-electron chi connectivity index (χ3n) is 3.56. The summed E-state index contributed by atoms with van der Waals surface area (Å²) in [5.74, 6) is 0.996. The molecule has 0 amide bonds. The molecule has 0 spiro atoms. The molecular weight excluding hydrogens is 236 g/mol. The first-order valence-electron chi connectivity index (χ1n) is 7.26. The summed E-state index contributed by atoms with van der Waals surface area (Å²) in [5, 5.41) is 3.69. The highest BCUT2D eigenvalue weighted by molar-refractivity contribution is 5.58. The number of para-hydroxylation sites is 2. The van der Waals surface area contributed by atoms with Crippen LogP contribution < -0.4 is 15.0 Å². The van der Waals surface area contributed by atoms with Crippen molar-refractivity contribution >= 4 is 5.69 Å². The number of nitrogens with zero attached hydrogens (tertiary/aromatic N) is 1. The second-order valence-electron chi connectivity index (χ2n) is 6.04. The van der Waals surface area contributed by atoms with Crippen LogP contribution in [0, 0.1) is 0 Å². The molecule has 1 aliphatic heterocycles. The highest BCUT2D eigenvalue weighted by atomic mass is 16.5. The molecule has 0 bridgehead atoms. The molecule has 1 aromatic carbocycles. The molecule has 1 fully saturated rings. The van der Waals surface area contributed by atoms with Gasteiger partial charge in [-0.15, -0.1) is 0 Å². The van der Waals surface area contributed by atoms with Gasteiger partial charge >= 0.3 is 0 Å². The van der Waals surface area contributed by atoms with Gasteiger partial charge in [-0.25, -0.2) is 0 Å². The first kappa shape index (κ1) is 14.2. The van der Waals surface area contributed by atoms with Gasteiger partial charge in [0.05, 0.1) is 12.3 Å². The standard InChI is InChI=1S/C16H26N2O/c1-5-19-15-9-7-6-8-14(15)18-11-10-13(2)17-16(3,4)12-18/h6-9,13,17H,5,10-12H2,1-4H3. The Kier molecular flexibility index (Phi) is 4.35. The van der Waals surface area contributed by atoms with E-state index in [-0.39, 0.29) is 5.54 Å². The Labute approximate surface area is 116 Å². The van der Waals surface area contributed by atoms with Gasteiger partial charge in [0.1, 0.15) is 5.75 Å². The highest BCUT2D eigenvalue weighted by Crippen LogP contribution is 2.30. The van der Waals surface area contributed by atoms with E-state index in [1.165, 1.54) is 5.69 Å². The first-order valence-corrected chi connectivity index (χ1v) is 7.26. The topological polar surface area (TPSA) is 24.5 Å². The van der Waals surface area contributed by atoms with Gasteiger partial charge in [-0.2, -0.15) is 0 Å². The minimum Gasteiger partial charge on any atom is -0.492 e. The van der Waals surface area contributed by atoms with Crippen LogP contribution in [0.2, 0.25) is 0 Å². The molecule has 2 rings (SSSR count). The minimum atomic E-state index is 0.120. The predicted octanol–water partition coefficient (Wildman–Crippen LogP) is 3.05. The van der Waals surface area contributed by atoms with Gasteiger partial charge in [0.25, 0.3) is 0 Å². The van der Waals surface area contributed by atoms with Gasteiger partial charge in [0, 0.05) is 24.7 Å². The zero-order valence-electron chi connectivity index (χ0n) is 12.6. The molecule has 1 aliphatic rings. The third-order valence-corrected chi connectivity index (χ3v) is 3.56. The fraction of sp³-hybridized carbons (Fsp3) is 0.625. The van der Waals surface area contributed by atoms with Gasteiger partial charge in [0.2, 0.25) is 0 Å². The maximum Gasteiger partial charge on any atom is 0.142 e. The fourth-order valence-electron chi connectivity index (χ4n) is 2.89. The van der Waals surface area contributed by atoms with Crippen molar-refractivity contribution < 1.29 is 4.74 Å². The van der Waals surface area contributed by atoms with E-state index in [9.17, 15) is 0 Å². The van der Waals surface area contributed by atoms with Crippen molar-refractivity contribution in [2.45, 2.75) is 45.7 Å². The predicted molar refractivity (Wildman–Crippen MR) is 81.1 cm³/mol. The molecule has 3 nitrogen and oxygen atoms in total. The van der Waals surface area contributed by atoms with Crippen LogP contribution in [0.4, 0.5) is 5.69 Å². The summed E-state index contributed by atoms with van der Waals surface area (Å²) >= 11 is 0. The number of rotatable bonds is 3. The van der Waals surface area contributed by atoms with Crippen LogP contribution >= 0.6 is 0 Å². The lowest BCUT2D eigenvalue weighted by Crippen LogP contribution is -2.48. The summed E-state index contributed by atoms with van der Waals surface area (Å²) in [6.07, 6.45) is 1.16. The van der Waals surface area contributed by atoms with Gasteiger partial charge in [-0.3, -0.25) is 0 Å². The number of benzene rings is 1. The molecule has 0 aliphatic carbocycles. The largest absolute Gasteiger partial charge is 0.492 e. The molecule has 3 heteroatoms. The normalized spacial score (nSPS) is 22.9. The molecule has 1 heterocycles. The lowest BCUT2D eigenvalue weighted by molar-refractivity contribution is 0.338. The molecule has 1 N–H and O–H groups in total. The third kappa shape index (κ3) is 3.63. The molecule has 0 saturated carbocycles. The van der Waals surface area contributed by atoms with E-state index in [4.69, 9.17) is 4.74 Å². The van der Waals surface area contributed by atoms with Gasteiger partial charge in [-0.05, 0) is 46.2 Å². The van der Waals surface area contributed by atoms with Crippen LogP contribution in [0.3, 0.4) is 0 Å². The van der Waals surface area contributed by atoms with Crippen LogP contribution in [-0.4, -0.2) is 31.3 Å². The van der Waals surface area contributed by atoms with E-state index in [2.05, 4.69) is 49.2 Å². The summed E-state index contributed by atoms with van der Waals surface area (Å²) in [4.78, 5) is 2.45. The second-order valence-corrected chi connectivity index (χ2v) is 6.04. The van der Waals surface area contributed by atoms with Crippen molar-refractivity contribution in [3.63, 3.8) is 0 Å². The van der Waals surface area contributed by atoms with Crippen LogP contribution in [0.5, 0.6) is 5.75 Å². The average molecular weight is 262 g/mol. The van der Waals surface area contributed by atoms with Crippen molar-refractivity contribution in [2.75, 3.05) is 24.6 Å². The van der Waals surface area contributed by atoms with Crippen molar-refractivity contribution in [3.8, 4) is 5.75 Å². The Morgan fingerprint density at radius 2 is 2.11 bits per heavy atom. The van der Waals surface area contributed by atoms with Crippen molar-refractivity contribution in [3.05, 3.63) is 24.3 Å². The molecule has 106 valence electrons. The lowest BCUT2D eigenvalue weighted by atomic mass is 10.0.